The molecule has 4 heterocycles. The van der Waals surface area contributed by atoms with Crippen LogP contribution in [0.25, 0.3) is 0 Å². The molecule has 0 aliphatic carbocycles. The number of pyridine rings is 4. The van der Waals surface area contributed by atoms with Crippen molar-refractivity contribution in [2.24, 2.45) is 21.4 Å². The molecule has 0 unspecified atom stereocenters. The third-order valence-corrected chi connectivity index (χ3v) is 7.30. The summed E-state index contributed by atoms with van der Waals surface area (Å²) >= 11 is 0. The molecule has 2 N–H and O–H groups in total. The van der Waals surface area contributed by atoms with Gasteiger partial charge in [-0.1, -0.05) is 27.6 Å². The van der Waals surface area contributed by atoms with Crippen molar-refractivity contribution in [3.05, 3.63) is 117 Å². The maximum absolute atomic E-state index is 10.9. The van der Waals surface area contributed by atoms with Crippen LogP contribution < -0.4 is 5.90 Å². The first-order valence-corrected chi connectivity index (χ1v) is 17.3. The number of nitrogens with two attached hydrogens (primary N) is 1. The molecule has 0 fully saturated rings. The van der Waals surface area contributed by atoms with Crippen molar-refractivity contribution in [2.45, 2.75) is 81.1 Å². The highest BCUT2D eigenvalue weighted by Crippen LogP contribution is 2.08. The Kier molecular flexibility index (Phi) is 19.8. The molecule has 53 heavy (non-hydrogen) atoms. The van der Waals surface area contributed by atoms with E-state index in [1.54, 1.807) is 6.07 Å². The van der Waals surface area contributed by atoms with E-state index in [-0.39, 0.29) is 5.78 Å². The van der Waals surface area contributed by atoms with Crippen molar-refractivity contribution >= 4 is 22.9 Å². The van der Waals surface area contributed by atoms with Crippen LogP contribution in [0.15, 0.2) is 76.1 Å². The Balaban J connectivity index is 0.000000305. The van der Waals surface area contributed by atoms with Gasteiger partial charge in [-0.25, -0.2) is 5.90 Å². The molecule has 0 aliphatic rings. The van der Waals surface area contributed by atoms with Crippen LogP contribution in [0.4, 0.5) is 0 Å². The van der Waals surface area contributed by atoms with Gasteiger partial charge in [0.05, 0.1) is 23.7 Å². The molecule has 4 aromatic rings. The minimum absolute atomic E-state index is 0.0248. The van der Waals surface area contributed by atoms with E-state index in [0.717, 1.165) is 88.2 Å². The summed E-state index contributed by atoms with van der Waals surface area (Å²) in [4.78, 5) is 47.9. The maximum Gasteiger partial charge on any atom is 0.178 e. The molecule has 0 spiro atoms. The average molecular weight is 727 g/mol. The molecular weight excluding hydrogens is 672 g/mol. The molecule has 4 aromatic heterocycles. The number of rotatable bonds is 15. The van der Waals surface area contributed by atoms with E-state index >= 15 is 0 Å². The lowest BCUT2D eigenvalue weighted by atomic mass is 10.2. The number of hydrogen-bond donors (Lipinski definition) is 1. The predicted molar refractivity (Wildman–Crippen MR) is 209 cm³/mol. The quantitative estimate of drug-likeness (QED) is 0.0582. The van der Waals surface area contributed by atoms with Gasteiger partial charge in [-0.2, -0.15) is 0 Å². The number of carbonyl (C=O) groups excluding carboxylic acids is 1. The van der Waals surface area contributed by atoms with Gasteiger partial charge in [0.15, 0.2) is 5.78 Å². The van der Waals surface area contributed by atoms with Gasteiger partial charge in [0.1, 0.15) is 43.7 Å². The van der Waals surface area contributed by atoms with Gasteiger partial charge < -0.3 is 19.4 Å². The molecule has 0 atom stereocenters. The van der Waals surface area contributed by atoms with Crippen molar-refractivity contribution in [2.75, 3.05) is 27.4 Å². The highest BCUT2D eigenvalue weighted by Gasteiger charge is 2.05. The van der Waals surface area contributed by atoms with Gasteiger partial charge in [-0.15, -0.1) is 0 Å². The van der Waals surface area contributed by atoms with Crippen molar-refractivity contribution < 1.29 is 24.1 Å². The summed E-state index contributed by atoms with van der Waals surface area (Å²) in [5, 5.41) is 11.9. The molecule has 0 saturated carbocycles. The van der Waals surface area contributed by atoms with Gasteiger partial charge >= 0.3 is 0 Å². The molecule has 284 valence electrons. The summed E-state index contributed by atoms with van der Waals surface area (Å²) in [6.07, 6.45) is 3.33. The van der Waals surface area contributed by atoms with Crippen LogP contribution in [0.2, 0.25) is 0 Å². The lowest BCUT2D eigenvalue weighted by molar-refractivity contribution is 0.101. The zero-order chi connectivity index (χ0) is 39.2. The molecule has 4 rings (SSSR count). The topological polar surface area (TPSA) is 169 Å². The second-order valence-corrected chi connectivity index (χ2v) is 12.2. The Morgan fingerprint density at radius 1 is 0.604 bits per heavy atom. The van der Waals surface area contributed by atoms with Crippen molar-refractivity contribution in [1.29, 1.82) is 0 Å². The zero-order valence-electron chi connectivity index (χ0n) is 32.8. The second kappa shape index (κ2) is 24.0. The third-order valence-electron chi connectivity index (χ3n) is 7.30. The van der Waals surface area contributed by atoms with Crippen LogP contribution in [0.5, 0.6) is 0 Å². The second-order valence-electron chi connectivity index (χ2n) is 12.2. The Bertz CT molecular complexity index is 1800. The SMILES string of the molecule is CC(=O)c1cc(C)cc(C)n1.CO/N=C(\C)c1cccc(CCCO/N=C(\C)c2cc(C)cc(C)n2)n1.CO/N=C(\C)c1cccc(CCCON)n1. The maximum atomic E-state index is 10.9. The first-order valence-electron chi connectivity index (χ1n) is 17.3. The Morgan fingerprint density at radius 3 is 1.51 bits per heavy atom. The van der Waals surface area contributed by atoms with E-state index in [2.05, 4.69) is 40.2 Å². The number of hydrogen-bond acceptors (Lipinski definition) is 13. The van der Waals surface area contributed by atoms with Gasteiger partial charge in [-0.3, -0.25) is 24.7 Å². The smallest absolute Gasteiger partial charge is 0.178 e. The van der Waals surface area contributed by atoms with Crippen LogP contribution in [-0.4, -0.2) is 70.3 Å². The van der Waals surface area contributed by atoms with Crippen molar-refractivity contribution in [3.8, 4) is 0 Å². The lowest BCUT2D eigenvalue weighted by Crippen LogP contribution is -2.05. The lowest BCUT2D eigenvalue weighted by Gasteiger charge is -2.05. The van der Waals surface area contributed by atoms with Crippen LogP contribution in [0.1, 0.15) is 102 Å². The third kappa shape index (κ3) is 17.1. The van der Waals surface area contributed by atoms with Crippen LogP contribution in [-0.2, 0) is 32.2 Å². The number of oxime groups is 3. The number of carbonyl (C=O) groups is 1. The fraction of sp³-hybridized carbons (Fsp3) is 0.400. The van der Waals surface area contributed by atoms with Gasteiger partial charge in [-0.05, 0) is 134 Å². The fourth-order valence-electron chi connectivity index (χ4n) is 4.90. The van der Waals surface area contributed by atoms with E-state index in [9.17, 15) is 4.79 Å². The summed E-state index contributed by atoms with van der Waals surface area (Å²) in [6, 6.07) is 19.5. The largest absolute Gasteiger partial charge is 0.399 e. The Morgan fingerprint density at radius 2 is 1.06 bits per heavy atom. The fourth-order valence-corrected chi connectivity index (χ4v) is 4.90. The molecule has 13 heteroatoms. The minimum atomic E-state index is 0.0248. The van der Waals surface area contributed by atoms with Crippen LogP contribution >= 0.6 is 0 Å². The van der Waals surface area contributed by atoms with E-state index in [1.807, 2.05) is 103 Å². The molecule has 0 bridgehead atoms. The standard InChI is InChI=1S/C20H26N4O2.C11H17N3O2.C9H11NO/c1-14-12-15(2)21-20(13-14)17(4)24-26-11-7-9-18-8-6-10-19(22-18)16(3)23-25-5;1-9(14-15-2)11-7-3-5-10(13-11)6-4-8-16-12;1-6-4-7(2)10-9(5-6)8(3)11/h6,8,10,12-13H,7,9,11H2,1-5H3;3,5,7H,4,6,8,12H2,1-2H3;4-5H,1-3H3/b23-16+,24-17+;14-9+;. The predicted octanol–water partition coefficient (Wildman–Crippen LogP) is 7.01. The number of ketones is 1. The summed E-state index contributed by atoms with van der Waals surface area (Å²) in [6.45, 7) is 16.1. The Labute approximate surface area is 313 Å². The van der Waals surface area contributed by atoms with Crippen LogP contribution in [0, 0.1) is 27.7 Å². The first kappa shape index (κ1) is 43.8. The molecule has 0 aliphatic heterocycles. The van der Waals surface area contributed by atoms with Crippen LogP contribution in [0.3, 0.4) is 0 Å². The number of nitrogens with zero attached hydrogens (tertiary/aromatic N) is 7. The summed E-state index contributed by atoms with van der Waals surface area (Å²) in [5.74, 6) is 4.98. The minimum Gasteiger partial charge on any atom is -0.399 e. The highest BCUT2D eigenvalue weighted by molar-refractivity contribution is 5.97. The molecule has 0 amide bonds. The number of Topliss-reactive ketones (excluding diaryl/α,β-unsaturated/α-hetero) is 1. The van der Waals surface area contributed by atoms with Crippen molar-refractivity contribution in [1.82, 2.24) is 19.9 Å². The molecule has 13 nitrogen and oxygen atoms in total. The molecule has 0 saturated heterocycles. The number of aromatic nitrogens is 4. The Hall–Kier alpha value is -5.40. The van der Waals surface area contributed by atoms with E-state index in [4.69, 9.17) is 20.4 Å². The normalized spacial score (nSPS) is 11.5. The average Bonchev–Trinajstić information content (AvgIpc) is 3.12. The summed E-state index contributed by atoms with van der Waals surface area (Å²) in [7, 11) is 3.05. The van der Waals surface area contributed by atoms with Gasteiger partial charge in [0.2, 0.25) is 0 Å². The summed E-state index contributed by atoms with van der Waals surface area (Å²) < 4.78 is 0. The van der Waals surface area contributed by atoms with Crippen molar-refractivity contribution in [3.63, 3.8) is 0 Å². The van der Waals surface area contributed by atoms with E-state index in [0.29, 0.717) is 18.9 Å². The molecule has 0 radical (unpaired) electrons. The number of aryl methyl sites for hydroxylation is 6. The zero-order valence-corrected chi connectivity index (χ0v) is 32.8. The monoisotopic (exact) mass is 726 g/mol. The molecular formula is C40H54N8O5. The first-order chi connectivity index (χ1) is 25.4. The van der Waals surface area contributed by atoms with E-state index in [1.165, 1.54) is 26.7 Å². The van der Waals surface area contributed by atoms with E-state index < -0.39 is 0 Å². The summed E-state index contributed by atoms with van der Waals surface area (Å²) in [5.41, 5.74) is 11.5. The molecule has 0 aromatic carbocycles. The van der Waals surface area contributed by atoms with Gasteiger partial charge in [0.25, 0.3) is 0 Å². The highest BCUT2D eigenvalue weighted by atomic mass is 16.6. The van der Waals surface area contributed by atoms with Gasteiger partial charge in [0, 0.05) is 29.7 Å².